The van der Waals surface area contributed by atoms with E-state index >= 15 is 0 Å². The third-order valence-electron chi connectivity index (χ3n) is 22.8. The van der Waals surface area contributed by atoms with Gasteiger partial charge < -0.3 is 58.3 Å². The molecule has 20 heteroatoms. The fraction of sp³-hybridized carbons (Fsp3) is 0.613. The largest absolute Gasteiger partial charge is 0.497 e. The number of para-hydroxylation sites is 1. The van der Waals surface area contributed by atoms with Gasteiger partial charge in [0.25, 0.3) is 0 Å². The van der Waals surface area contributed by atoms with Gasteiger partial charge in [0.05, 0.1) is 26.0 Å². The summed E-state index contributed by atoms with van der Waals surface area (Å²) in [6, 6.07) is 26.3. The zero-order chi connectivity index (χ0) is 67.2. The molecular weight excluding hydrogens is 1210 g/mol. The van der Waals surface area contributed by atoms with E-state index < -0.39 is 0 Å². The maximum atomic E-state index is 14.1. The fourth-order valence-electron chi connectivity index (χ4n) is 17.5. The summed E-state index contributed by atoms with van der Waals surface area (Å²) in [5.41, 5.74) is 8.74. The number of amides is 6. The molecule has 0 radical (unpaired) electrons. The number of ether oxygens (including phenoxy) is 3. The SMILES string of the molecule is CCC(=O)N1CCC(N2CCC3(CC2)CN(C(=O)N(C)C)c2ccc(F)cc23)CC1.CCCN1CC2(CCN(C3CCN(C(=O)OCC)CC3)CC2)c2cc(F)ccc21.CCOC(=O)N1CCC(N2CCC3(CC2)CN(C(C)=O)c2c(-c4cccc(OC)c4)cccc23)CC1. The first kappa shape index (κ1) is 69.3. The van der Waals surface area contributed by atoms with Crippen LogP contribution in [0.4, 0.5) is 40.2 Å². The Kier molecular flexibility index (Phi) is 22.0. The Labute approximate surface area is 562 Å². The van der Waals surface area contributed by atoms with Gasteiger partial charge in [-0.3, -0.25) is 14.5 Å². The number of hydrogen-bond acceptors (Lipinski definition) is 12. The van der Waals surface area contributed by atoms with Crippen molar-refractivity contribution in [1.82, 2.24) is 34.3 Å². The molecule has 4 aromatic carbocycles. The van der Waals surface area contributed by atoms with Gasteiger partial charge >= 0.3 is 18.2 Å². The number of fused-ring (bicyclic) bond motifs is 6. The van der Waals surface area contributed by atoms with E-state index in [2.05, 4.69) is 50.8 Å². The first-order chi connectivity index (χ1) is 45.9. The molecule has 3 spiro atoms. The van der Waals surface area contributed by atoms with Crippen LogP contribution in [0.3, 0.4) is 0 Å². The van der Waals surface area contributed by atoms with Crippen molar-refractivity contribution in [3.8, 4) is 16.9 Å². The van der Waals surface area contributed by atoms with Crippen molar-refractivity contribution in [3.63, 3.8) is 0 Å². The Morgan fingerprint density at radius 1 is 0.526 bits per heavy atom. The van der Waals surface area contributed by atoms with Crippen molar-refractivity contribution < 1.29 is 47.0 Å². The van der Waals surface area contributed by atoms with Gasteiger partial charge in [0.15, 0.2) is 0 Å². The van der Waals surface area contributed by atoms with Crippen molar-refractivity contribution in [3.05, 3.63) is 107 Å². The highest BCUT2D eigenvalue weighted by atomic mass is 19.1. The highest BCUT2D eigenvalue weighted by molar-refractivity contribution is 6.00. The second-order valence-electron chi connectivity index (χ2n) is 28.3. The van der Waals surface area contributed by atoms with Crippen LogP contribution in [0.1, 0.15) is 141 Å². The van der Waals surface area contributed by atoms with E-state index in [0.29, 0.717) is 44.3 Å². The molecule has 0 aliphatic carbocycles. The molecule has 0 saturated carbocycles. The lowest BCUT2D eigenvalue weighted by Crippen LogP contribution is -2.52. The second kappa shape index (κ2) is 30.2. The van der Waals surface area contributed by atoms with Crippen LogP contribution < -0.4 is 19.4 Å². The molecule has 4 aromatic rings. The Morgan fingerprint density at radius 3 is 1.44 bits per heavy atom. The summed E-state index contributed by atoms with van der Waals surface area (Å²) in [4.78, 5) is 82.8. The Balaban J connectivity index is 0.000000146. The molecule has 6 saturated heterocycles. The summed E-state index contributed by atoms with van der Waals surface area (Å²) in [6.07, 6.45) is 13.5. The zero-order valence-corrected chi connectivity index (χ0v) is 57.9. The number of piperidine rings is 6. The predicted molar refractivity (Wildman–Crippen MR) is 369 cm³/mol. The third kappa shape index (κ3) is 14.7. The third-order valence-corrected chi connectivity index (χ3v) is 22.8. The van der Waals surface area contributed by atoms with Gasteiger partial charge in [-0.05, 0) is 207 Å². The van der Waals surface area contributed by atoms with Gasteiger partial charge in [-0.1, -0.05) is 44.2 Å². The van der Waals surface area contributed by atoms with Crippen molar-refractivity contribution in [2.75, 3.05) is 154 Å². The summed E-state index contributed by atoms with van der Waals surface area (Å²) in [7, 11) is 5.20. The minimum absolute atomic E-state index is 0.0159. The molecule has 13 rings (SSSR count). The van der Waals surface area contributed by atoms with Crippen LogP contribution in [0.15, 0.2) is 78.9 Å². The molecule has 6 amide bonds. The van der Waals surface area contributed by atoms with Crippen LogP contribution in [-0.2, 0) is 35.3 Å². The summed E-state index contributed by atoms with van der Waals surface area (Å²) < 4.78 is 44.0. The van der Waals surface area contributed by atoms with E-state index in [1.54, 1.807) is 57.3 Å². The molecule has 516 valence electrons. The van der Waals surface area contributed by atoms with Crippen molar-refractivity contribution in [1.29, 1.82) is 0 Å². The van der Waals surface area contributed by atoms with Crippen LogP contribution in [0.2, 0.25) is 0 Å². The van der Waals surface area contributed by atoms with E-state index in [1.165, 1.54) is 22.9 Å². The van der Waals surface area contributed by atoms with E-state index in [4.69, 9.17) is 14.2 Å². The predicted octanol–water partition coefficient (Wildman–Crippen LogP) is 11.8. The summed E-state index contributed by atoms with van der Waals surface area (Å²) in [6.45, 7) is 24.6. The molecule has 9 aliphatic heterocycles. The number of halogens is 2. The maximum absolute atomic E-state index is 14.1. The number of hydrogen-bond donors (Lipinski definition) is 0. The molecule has 0 atom stereocenters. The molecule has 18 nitrogen and oxygen atoms in total. The Bertz CT molecular complexity index is 3340. The zero-order valence-electron chi connectivity index (χ0n) is 57.9. The van der Waals surface area contributed by atoms with E-state index in [0.717, 1.165) is 215 Å². The Morgan fingerprint density at radius 2 is 0.979 bits per heavy atom. The molecule has 95 heavy (non-hydrogen) atoms. The monoisotopic (exact) mass is 1310 g/mol. The normalized spacial score (nSPS) is 21.2. The average Bonchev–Trinajstić information content (AvgIpc) is 1.63. The highest BCUT2D eigenvalue weighted by Gasteiger charge is 2.50. The fourth-order valence-corrected chi connectivity index (χ4v) is 17.5. The smallest absolute Gasteiger partial charge is 0.409 e. The van der Waals surface area contributed by atoms with Crippen LogP contribution in [0.5, 0.6) is 5.75 Å². The number of carbonyl (C=O) groups is 5. The van der Waals surface area contributed by atoms with Gasteiger partial charge in [0.1, 0.15) is 17.4 Å². The number of likely N-dealkylation sites (tertiary alicyclic amines) is 6. The van der Waals surface area contributed by atoms with Gasteiger partial charge in [0.2, 0.25) is 11.8 Å². The first-order valence-corrected chi connectivity index (χ1v) is 35.6. The minimum atomic E-state index is -0.234. The van der Waals surface area contributed by atoms with E-state index in [-0.39, 0.29) is 57.9 Å². The number of methoxy groups -OCH3 is 1. The summed E-state index contributed by atoms with van der Waals surface area (Å²) >= 11 is 0. The molecule has 0 unspecified atom stereocenters. The van der Waals surface area contributed by atoms with Gasteiger partial charge in [-0.25, -0.2) is 23.2 Å². The van der Waals surface area contributed by atoms with E-state index in [1.807, 2.05) is 69.5 Å². The molecule has 6 fully saturated rings. The number of anilines is 3. The number of rotatable bonds is 10. The van der Waals surface area contributed by atoms with Gasteiger partial charge in [0, 0.05) is 144 Å². The molecular formula is C75H104F2N10O8. The van der Waals surface area contributed by atoms with Gasteiger partial charge in [-0.15, -0.1) is 0 Å². The number of urea groups is 1. The van der Waals surface area contributed by atoms with Crippen molar-refractivity contribution >= 4 is 47.1 Å². The average molecular weight is 1310 g/mol. The van der Waals surface area contributed by atoms with Gasteiger partial charge in [-0.2, -0.15) is 0 Å². The second-order valence-corrected chi connectivity index (χ2v) is 28.3. The highest BCUT2D eigenvalue weighted by Crippen LogP contribution is 2.53. The molecule has 9 heterocycles. The lowest BCUT2D eigenvalue weighted by atomic mass is 9.73. The molecule has 9 aliphatic rings. The van der Waals surface area contributed by atoms with Crippen molar-refractivity contribution in [2.24, 2.45) is 0 Å². The maximum Gasteiger partial charge on any atom is 0.409 e. The van der Waals surface area contributed by atoms with Crippen LogP contribution in [0, 0.1) is 11.6 Å². The lowest BCUT2D eigenvalue weighted by molar-refractivity contribution is -0.132. The van der Waals surface area contributed by atoms with Crippen LogP contribution in [-0.4, -0.2) is 222 Å². The van der Waals surface area contributed by atoms with Crippen LogP contribution >= 0.6 is 0 Å². The van der Waals surface area contributed by atoms with Crippen molar-refractivity contribution in [2.45, 2.75) is 159 Å². The standard InChI is InChI=1S/C29H37N3O4.C23H33FN4O2.C23H34FN3O2/c1-4-36-28(34)31-15-11-23(12-16-31)30-17-13-29(14-18-30)20-32(21(2)33)27-25(9-6-10-26(27)29)22-7-5-8-24(19-22)35-3;1-4-21(29)27-11-7-18(8-12-27)26-13-9-23(10-14-26)16-28(22(30)25(2)3)20-6-5-17(24)15-19(20)23;1-3-11-27-17-23(20-16-18(24)5-6-21(20)27)9-14-25(15-10-23)19-7-12-26(13-8-19)22(28)29-4-2/h5-10,19,23H,4,11-18,20H2,1-3H3;5-6,15,18H,4,7-14,16H2,1-3H3;5-6,16,19H,3-4,7-15,17H2,1-2H3. The van der Waals surface area contributed by atoms with Crippen LogP contribution in [0.25, 0.3) is 11.1 Å². The number of nitrogens with zero attached hydrogens (tertiary/aromatic N) is 10. The Hall–Kier alpha value is -7.03. The summed E-state index contributed by atoms with van der Waals surface area (Å²) in [5, 5.41) is 0. The molecule has 0 aromatic heterocycles. The lowest BCUT2D eigenvalue weighted by Gasteiger charge is -2.45. The quantitative estimate of drug-likeness (QED) is 0.149. The minimum Gasteiger partial charge on any atom is -0.497 e. The van der Waals surface area contributed by atoms with E-state index in [9.17, 15) is 32.8 Å². The topological polar surface area (TPSA) is 145 Å². The number of carbonyl (C=O) groups excluding carboxylic acids is 5. The number of benzene rings is 4. The molecule has 0 bridgehead atoms. The summed E-state index contributed by atoms with van der Waals surface area (Å²) in [5.74, 6) is 0.811. The first-order valence-electron chi connectivity index (χ1n) is 35.6. The molecule has 0 N–H and O–H groups in total.